The van der Waals surface area contributed by atoms with Crippen molar-refractivity contribution in [3.05, 3.63) is 71.2 Å². The molecule has 2 aromatic heterocycles. The van der Waals surface area contributed by atoms with Crippen molar-refractivity contribution in [2.24, 2.45) is 5.41 Å². The molecule has 1 aliphatic carbocycles. The van der Waals surface area contributed by atoms with Gasteiger partial charge in [-0.15, -0.1) is 0 Å². The quantitative estimate of drug-likeness (QED) is 0.186. The first kappa shape index (κ1) is 31.2. The fourth-order valence-electron chi connectivity index (χ4n) is 7.14. The van der Waals surface area contributed by atoms with Gasteiger partial charge in [0.05, 0.1) is 43.6 Å². The smallest absolute Gasteiger partial charge is 0.405 e. The highest BCUT2D eigenvalue weighted by atomic mass is 19.1. The Kier molecular flexibility index (Phi) is 8.04. The molecule has 0 bridgehead atoms. The second kappa shape index (κ2) is 11.9. The lowest BCUT2D eigenvalue weighted by atomic mass is 9.63. The summed E-state index contributed by atoms with van der Waals surface area (Å²) in [5.41, 5.74) is 1.24. The molecule has 0 spiro atoms. The third-order valence-electron chi connectivity index (χ3n) is 9.56. The number of methoxy groups -OCH3 is 2. The van der Waals surface area contributed by atoms with Crippen LogP contribution in [0.25, 0.3) is 22.2 Å². The van der Waals surface area contributed by atoms with E-state index in [1.807, 2.05) is 51.1 Å². The van der Waals surface area contributed by atoms with Crippen LogP contribution >= 0.6 is 0 Å². The number of halogens is 1. The van der Waals surface area contributed by atoms with Crippen molar-refractivity contribution in [2.75, 3.05) is 19.5 Å². The number of nitrogens with zero attached hydrogens (tertiary/aromatic N) is 2. The van der Waals surface area contributed by atoms with Crippen molar-refractivity contribution < 1.29 is 33.0 Å². The number of nitrogens with one attached hydrogen (secondary N) is 2. The number of ether oxygens (including phenoxy) is 2. The lowest BCUT2D eigenvalue weighted by molar-refractivity contribution is 0.0719. The topological polar surface area (TPSA) is 126 Å². The van der Waals surface area contributed by atoms with Gasteiger partial charge in [0.15, 0.2) is 11.6 Å². The maximum atomic E-state index is 16.7. The van der Waals surface area contributed by atoms with Gasteiger partial charge in [0.2, 0.25) is 0 Å². The molecule has 1 aliphatic heterocycles. The summed E-state index contributed by atoms with van der Waals surface area (Å²) in [5.74, 6) is 0.145. The number of furan rings is 1. The fraction of sp³-hybridized carbons (Fsp3) is 0.400. The van der Waals surface area contributed by atoms with Crippen LogP contribution in [-0.2, 0) is 13.1 Å². The maximum absolute atomic E-state index is 16.7. The SMILES string of the molecule is COc1ccc(CN2Cc3c(F)c(NC4CCCCC4(NC(=O)O)C(C)(C)C)nc(-c4coc5ccccc45)c3C2=O)c(OC)c1. The molecule has 1 fully saturated rings. The van der Waals surface area contributed by atoms with Crippen LogP contribution in [0.2, 0.25) is 0 Å². The molecule has 2 amide bonds. The number of fused-ring (bicyclic) bond motifs is 2. The highest BCUT2D eigenvalue weighted by Gasteiger charge is 2.51. The van der Waals surface area contributed by atoms with E-state index in [-0.39, 0.29) is 35.9 Å². The molecule has 4 aromatic rings. The molecule has 0 saturated heterocycles. The average molecular weight is 631 g/mol. The summed E-state index contributed by atoms with van der Waals surface area (Å²) in [6.07, 6.45) is 3.29. The van der Waals surface area contributed by atoms with E-state index >= 15 is 4.39 Å². The van der Waals surface area contributed by atoms with Crippen LogP contribution in [0.3, 0.4) is 0 Å². The molecule has 11 heteroatoms. The largest absolute Gasteiger partial charge is 0.497 e. The van der Waals surface area contributed by atoms with Gasteiger partial charge in [-0.25, -0.2) is 14.2 Å². The first-order valence-corrected chi connectivity index (χ1v) is 15.4. The standard InChI is InChI=1S/C35H39FN4O6/c1-34(2,3)35(39-33(42)43)15-9-8-12-27(35)37-31-29(36)23-18-40(17-20-13-14-21(44-4)16-26(20)45-5)32(41)28(23)30(38-31)24-19-46-25-11-7-6-10-22(24)25/h6-7,10-11,13-14,16,19,27,39H,8-9,12,15,17-18H2,1-5H3,(H,37,38)(H,42,43). The van der Waals surface area contributed by atoms with Gasteiger partial charge in [0.25, 0.3) is 5.91 Å². The fourth-order valence-corrected chi connectivity index (χ4v) is 7.14. The predicted molar refractivity (Wildman–Crippen MR) is 172 cm³/mol. The van der Waals surface area contributed by atoms with E-state index in [2.05, 4.69) is 10.6 Å². The molecular formula is C35H39FN4O6. The summed E-state index contributed by atoms with van der Waals surface area (Å²) in [6.45, 7) is 6.15. The van der Waals surface area contributed by atoms with Crippen molar-refractivity contribution in [2.45, 2.75) is 71.1 Å². The number of carbonyl (C=O) groups is 2. The number of hydrogen-bond acceptors (Lipinski definition) is 7. The van der Waals surface area contributed by atoms with Crippen LogP contribution in [-0.4, -0.2) is 52.8 Å². The average Bonchev–Trinajstić information content (AvgIpc) is 3.60. The van der Waals surface area contributed by atoms with E-state index < -0.39 is 28.9 Å². The zero-order valence-electron chi connectivity index (χ0n) is 26.7. The van der Waals surface area contributed by atoms with E-state index in [1.165, 1.54) is 0 Å². The third kappa shape index (κ3) is 5.27. The van der Waals surface area contributed by atoms with Gasteiger partial charge in [-0.3, -0.25) is 4.79 Å². The maximum Gasteiger partial charge on any atom is 0.405 e. The molecule has 0 radical (unpaired) electrons. The Morgan fingerprint density at radius 2 is 1.96 bits per heavy atom. The molecule has 2 unspecified atom stereocenters. The molecule has 3 heterocycles. The second-order valence-corrected chi connectivity index (χ2v) is 13.1. The molecule has 3 N–H and O–H groups in total. The Balaban J connectivity index is 1.46. The van der Waals surface area contributed by atoms with Gasteiger partial charge in [-0.1, -0.05) is 51.8 Å². The Bertz CT molecular complexity index is 1810. The molecule has 242 valence electrons. The van der Waals surface area contributed by atoms with Gasteiger partial charge in [-0.2, -0.15) is 0 Å². The lowest BCUT2D eigenvalue weighted by Gasteiger charge is -2.52. The Hall–Kier alpha value is -4.80. The number of aromatic nitrogens is 1. The minimum absolute atomic E-state index is 0.0115. The highest BCUT2D eigenvalue weighted by Crippen LogP contribution is 2.45. The molecule has 10 nitrogen and oxygen atoms in total. The predicted octanol–water partition coefficient (Wildman–Crippen LogP) is 7.21. The van der Waals surface area contributed by atoms with E-state index in [0.29, 0.717) is 41.2 Å². The van der Waals surface area contributed by atoms with E-state index in [0.717, 1.165) is 23.8 Å². The van der Waals surface area contributed by atoms with Gasteiger partial charge < -0.3 is 34.5 Å². The first-order chi connectivity index (χ1) is 22.0. The zero-order chi connectivity index (χ0) is 32.8. The van der Waals surface area contributed by atoms with Gasteiger partial charge in [0, 0.05) is 34.7 Å². The zero-order valence-corrected chi connectivity index (χ0v) is 26.7. The van der Waals surface area contributed by atoms with Crippen molar-refractivity contribution in [3.8, 4) is 22.8 Å². The summed E-state index contributed by atoms with van der Waals surface area (Å²) in [4.78, 5) is 32.6. The van der Waals surface area contributed by atoms with E-state index in [9.17, 15) is 14.7 Å². The van der Waals surface area contributed by atoms with Crippen molar-refractivity contribution >= 4 is 28.8 Å². The third-order valence-corrected chi connectivity index (χ3v) is 9.56. The monoisotopic (exact) mass is 630 g/mol. The second-order valence-electron chi connectivity index (χ2n) is 13.1. The van der Waals surface area contributed by atoms with E-state index in [1.54, 1.807) is 37.5 Å². The number of benzene rings is 2. The number of anilines is 1. The van der Waals surface area contributed by atoms with Crippen molar-refractivity contribution in [1.82, 2.24) is 15.2 Å². The minimum atomic E-state index is -1.13. The Labute approximate surface area is 266 Å². The van der Waals surface area contributed by atoms with Crippen LogP contribution in [0.15, 0.2) is 53.1 Å². The van der Waals surface area contributed by atoms with Crippen LogP contribution in [0, 0.1) is 11.2 Å². The van der Waals surface area contributed by atoms with Gasteiger partial charge in [0.1, 0.15) is 23.3 Å². The number of hydrogen-bond donors (Lipinski definition) is 3. The minimum Gasteiger partial charge on any atom is -0.497 e. The van der Waals surface area contributed by atoms with Gasteiger partial charge >= 0.3 is 6.09 Å². The molecular weight excluding hydrogens is 591 g/mol. The molecule has 2 aliphatic rings. The van der Waals surface area contributed by atoms with Crippen molar-refractivity contribution in [1.29, 1.82) is 0 Å². The summed E-state index contributed by atoms with van der Waals surface area (Å²) < 4.78 is 33.4. The van der Waals surface area contributed by atoms with Crippen molar-refractivity contribution in [3.63, 3.8) is 0 Å². The Morgan fingerprint density at radius 3 is 2.67 bits per heavy atom. The number of pyridine rings is 1. The normalized spacial score (nSPS) is 19.7. The lowest BCUT2D eigenvalue weighted by Crippen LogP contribution is -2.67. The van der Waals surface area contributed by atoms with Crippen LogP contribution in [0.4, 0.5) is 15.0 Å². The number of carboxylic acid groups (broad SMARTS) is 1. The summed E-state index contributed by atoms with van der Waals surface area (Å²) in [5, 5.41) is 16.8. The number of rotatable bonds is 8. The highest BCUT2D eigenvalue weighted by molar-refractivity contribution is 6.07. The molecule has 1 saturated carbocycles. The van der Waals surface area contributed by atoms with Crippen LogP contribution < -0.4 is 20.1 Å². The van der Waals surface area contributed by atoms with Crippen LogP contribution in [0.1, 0.15) is 67.9 Å². The number of para-hydroxylation sites is 1. The van der Waals surface area contributed by atoms with Gasteiger partial charge in [-0.05, 0) is 36.5 Å². The van der Waals surface area contributed by atoms with Crippen LogP contribution in [0.5, 0.6) is 11.5 Å². The number of amides is 2. The molecule has 6 rings (SSSR count). The number of carbonyl (C=O) groups excluding carboxylic acids is 1. The summed E-state index contributed by atoms with van der Waals surface area (Å²) in [7, 11) is 3.11. The molecule has 46 heavy (non-hydrogen) atoms. The Morgan fingerprint density at radius 1 is 1.17 bits per heavy atom. The molecule has 2 atom stereocenters. The summed E-state index contributed by atoms with van der Waals surface area (Å²) >= 11 is 0. The van der Waals surface area contributed by atoms with E-state index in [4.69, 9.17) is 18.9 Å². The molecule has 2 aromatic carbocycles. The first-order valence-electron chi connectivity index (χ1n) is 15.4. The summed E-state index contributed by atoms with van der Waals surface area (Å²) in [6, 6.07) is 12.3.